The highest BCUT2D eigenvalue weighted by Crippen LogP contribution is 2.30. The van der Waals surface area contributed by atoms with E-state index in [0.29, 0.717) is 23.7 Å². The number of hydrogen-bond acceptors (Lipinski definition) is 7. The monoisotopic (exact) mass is 607 g/mol. The molecule has 0 unspecified atom stereocenters. The van der Waals surface area contributed by atoms with E-state index in [1.807, 2.05) is 30.3 Å². The first-order valence-electron chi connectivity index (χ1n) is 13.0. The van der Waals surface area contributed by atoms with Gasteiger partial charge in [-0.1, -0.05) is 32.0 Å². The van der Waals surface area contributed by atoms with Crippen LogP contribution in [0, 0.1) is 0 Å². The number of aromatic nitrogens is 1. The minimum atomic E-state index is -5.08. The summed E-state index contributed by atoms with van der Waals surface area (Å²) in [6, 6.07) is 15.7. The van der Waals surface area contributed by atoms with Gasteiger partial charge < -0.3 is 20.6 Å². The normalized spacial score (nSPS) is 13.6. The van der Waals surface area contributed by atoms with Gasteiger partial charge in [0.1, 0.15) is 0 Å². The number of alkyl halides is 3. The highest BCUT2D eigenvalue weighted by atomic mass is 32.2. The topological polar surface area (TPSA) is 141 Å². The number of piperazine rings is 1. The Morgan fingerprint density at radius 1 is 1.07 bits per heavy atom. The van der Waals surface area contributed by atoms with Crippen molar-refractivity contribution < 1.29 is 36.3 Å². The third-order valence-electron chi connectivity index (χ3n) is 6.24. The minimum absolute atomic E-state index is 0.180. The van der Waals surface area contributed by atoms with Crippen LogP contribution in [0.2, 0.25) is 0 Å². The summed E-state index contributed by atoms with van der Waals surface area (Å²) in [6.07, 6.45) is -1.72. The van der Waals surface area contributed by atoms with Gasteiger partial charge in [-0.3, -0.25) is 14.5 Å². The molecule has 1 fully saturated rings. The van der Waals surface area contributed by atoms with E-state index in [4.69, 9.17) is 9.90 Å². The Bertz CT molecular complexity index is 1460. The third kappa shape index (κ3) is 9.17. The number of carboxylic acids is 1. The van der Waals surface area contributed by atoms with Crippen molar-refractivity contribution in [2.24, 2.45) is 0 Å². The molecule has 0 bridgehead atoms. The molecule has 0 saturated carbocycles. The average Bonchev–Trinajstić information content (AvgIpc) is 2.96. The molecule has 0 radical (unpaired) electrons. The molecule has 4 rings (SSSR count). The fourth-order valence-electron chi connectivity index (χ4n) is 3.96. The number of carbonyl (C=O) groups excluding carboxylic acids is 1. The van der Waals surface area contributed by atoms with Crippen LogP contribution in [-0.2, 0) is 21.4 Å². The van der Waals surface area contributed by atoms with Gasteiger partial charge in [0.2, 0.25) is 0 Å². The van der Waals surface area contributed by atoms with E-state index in [1.54, 1.807) is 36.7 Å². The highest BCUT2D eigenvalue weighted by Gasteiger charge is 2.38. The van der Waals surface area contributed by atoms with Crippen LogP contribution in [0.25, 0.3) is 0 Å². The van der Waals surface area contributed by atoms with E-state index in [1.165, 1.54) is 0 Å². The molecule has 14 heteroatoms. The lowest BCUT2D eigenvalue weighted by molar-refractivity contribution is -0.192. The molecule has 4 N–H and O–H groups in total. The summed E-state index contributed by atoms with van der Waals surface area (Å²) >= 11 is 0. The van der Waals surface area contributed by atoms with Crippen molar-refractivity contribution >= 4 is 33.3 Å². The number of halogens is 3. The zero-order valence-electron chi connectivity index (χ0n) is 23.0. The Balaban J connectivity index is 0.000000616. The fraction of sp³-hybridized carbons (Fsp3) is 0.321. The van der Waals surface area contributed by atoms with Crippen LogP contribution < -0.4 is 20.3 Å². The molecular weight excluding hydrogens is 575 g/mol. The molecule has 2 aromatic carbocycles. The van der Waals surface area contributed by atoms with Crippen LogP contribution in [0.3, 0.4) is 0 Å². The third-order valence-corrected chi connectivity index (χ3v) is 7.62. The molecule has 226 valence electrons. The van der Waals surface area contributed by atoms with Crippen molar-refractivity contribution in [1.82, 2.24) is 15.6 Å². The van der Waals surface area contributed by atoms with Gasteiger partial charge in [-0.15, -0.1) is 0 Å². The fourth-order valence-corrected chi connectivity index (χ4v) is 5.03. The van der Waals surface area contributed by atoms with Gasteiger partial charge in [0.05, 0.1) is 16.3 Å². The molecule has 0 aliphatic carbocycles. The van der Waals surface area contributed by atoms with Crippen molar-refractivity contribution in [1.29, 1.82) is 0 Å². The summed E-state index contributed by atoms with van der Waals surface area (Å²) in [4.78, 5) is 28.1. The number of benzene rings is 2. The van der Waals surface area contributed by atoms with E-state index in [0.717, 1.165) is 43.0 Å². The van der Waals surface area contributed by atoms with Gasteiger partial charge in [-0.25, -0.2) is 13.2 Å². The number of nitrogens with one attached hydrogen (secondary N) is 3. The number of carboxylic acid groups (broad SMARTS) is 1. The largest absolute Gasteiger partial charge is 0.490 e. The number of rotatable bonds is 8. The van der Waals surface area contributed by atoms with Crippen LogP contribution >= 0.6 is 0 Å². The van der Waals surface area contributed by atoms with Crippen molar-refractivity contribution in [3.8, 4) is 0 Å². The number of carbonyl (C=O) groups is 2. The van der Waals surface area contributed by atoms with Gasteiger partial charge in [0, 0.05) is 50.7 Å². The molecule has 0 spiro atoms. The Labute approximate surface area is 242 Å². The number of anilines is 2. The number of sulfonamides is 1. The second-order valence-electron chi connectivity index (χ2n) is 9.65. The Kier molecular flexibility index (Phi) is 10.9. The summed E-state index contributed by atoms with van der Waals surface area (Å²) in [6.45, 7) is 7.54. The molecule has 1 aliphatic heterocycles. The average molecular weight is 608 g/mol. The molecule has 10 nitrogen and oxygen atoms in total. The van der Waals surface area contributed by atoms with Crippen molar-refractivity contribution in [3.63, 3.8) is 0 Å². The highest BCUT2D eigenvalue weighted by molar-refractivity contribution is 7.92. The molecule has 3 aromatic rings. The molecule has 1 saturated heterocycles. The SMILES string of the molecule is CC(C)c1ccc(S(=O)(=O)Nc2cc(C(=O)NCc3cccnc3)ccc2N2CCNCC2)cc1.O=C(O)C(F)(F)F. The molecule has 2 heterocycles. The quantitative estimate of drug-likeness (QED) is 0.302. The zero-order valence-corrected chi connectivity index (χ0v) is 23.8. The second-order valence-corrected chi connectivity index (χ2v) is 11.3. The number of hydrogen-bond donors (Lipinski definition) is 4. The van der Waals surface area contributed by atoms with Crippen LogP contribution in [0.1, 0.15) is 41.3 Å². The summed E-state index contributed by atoms with van der Waals surface area (Å²) in [5.74, 6) is -2.74. The van der Waals surface area contributed by atoms with E-state index >= 15 is 0 Å². The first kappa shape index (κ1) is 32.3. The lowest BCUT2D eigenvalue weighted by Gasteiger charge is -2.31. The molecule has 1 aromatic heterocycles. The van der Waals surface area contributed by atoms with Gasteiger partial charge >= 0.3 is 12.1 Å². The van der Waals surface area contributed by atoms with Crippen molar-refractivity contribution in [3.05, 3.63) is 83.7 Å². The van der Waals surface area contributed by atoms with E-state index in [2.05, 4.69) is 39.1 Å². The van der Waals surface area contributed by atoms with E-state index < -0.39 is 22.2 Å². The zero-order chi connectivity index (χ0) is 30.9. The van der Waals surface area contributed by atoms with Crippen LogP contribution in [0.5, 0.6) is 0 Å². The second kappa shape index (κ2) is 14.1. The van der Waals surface area contributed by atoms with Gasteiger partial charge in [0.15, 0.2) is 0 Å². The summed E-state index contributed by atoms with van der Waals surface area (Å²) in [7, 11) is -3.85. The number of amides is 1. The predicted octanol–water partition coefficient (Wildman–Crippen LogP) is 3.98. The predicted molar refractivity (Wildman–Crippen MR) is 152 cm³/mol. The standard InChI is InChI=1S/C26H31N5O3S.C2HF3O2/c1-19(2)21-5-8-23(9-6-21)35(33,34)30-24-16-22(7-10-25(24)31-14-12-27-13-15-31)26(32)29-18-20-4-3-11-28-17-20;3-2(4,5)1(6)7/h3-11,16-17,19,27,30H,12-15,18H2,1-2H3,(H,29,32);(H,6,7). The van der Waals surface area contributed by atoms with Gasteiger partial charge in [0.25, 0.3) is 15.9 Å². The smallest absolute Gasteiger partial charge is 0.475 e. The number of pyridine rings is 1. The van der Waals surface area contributed by atoms with Crippen LogP contribution in [-0.4, -0.2) is 62.7 Å². The van der Waals surface area contributed by atoms with E-state index in [9.17, 15) is 26.4 Å². The summed E-state index contributed by atoms with van der Waals surface area (Å²) in [5, 5.41) is 13.3. The van der Waals surface area contributed by atoms with Gasteiger partial charge in [-0.05, 0) is 53.4 Å². The molecule has 1 amide bonds. The lowest BCUT2D eigenvalue weighted by atomic mass is 10.0. The van der Waals surface area contributed by atoms with Crippen LogP contribution in [0.4, 0.5) is 24.5 Å². The molecule has 1 aliphatic rings. The summed E-state index contributed by atoms with van der Waals surface area (Å²) in [5.41, 5.74) is 3.45. The maximum absolute atomic E-state index is 13.3. The lowest BCUT2D eigenvalue weighted by Crippen LogP contribution is -2.43. The van der Waals surface area contributed by atoms with Crippen molar-refractivity contribution in [2.45, 2.75) is 37.4 Å². The first-order valence-corrected chi connectivity index (χ1v) is 14.5. The molecular formula is C28H32F3N5O5S. The number of nitrogens with zero attached hydrogens (tertiary/aromatic N) is 2. The Morgan fingerprint density at radius 2 is 1.71 bits per heavy atom. The van der Waals surface area contributed by atoms with Gasteiger partial charge in [-0.2, -0.15) is 13.2 Å². The molecule has 0 atom stereocenters. The number of aliphatic carboxylic acids is 1. The Hall–Kier alpha value is -4.17. The first-order chi connectivity index (χ1) is 19.8. The van der Waals surface area contributed by atoms with E-state index in [-0.39, 0.29) is 10.8 Å². The summed E-state index contributed by atoms with van der Waals surface area (Å²) < 4.78 is 61.0. The van der Waals surface area contributed by atoms with Crippen LogP contribution in [0.15, 0.2) is 71.9 Å². The maximum Gasteiger partial charge on any atom is 0.490 e. The Morgan fingerprint density at radius 3 is 2.26 bits per heavy atom. The molecule has 42 heavy (non-hydrogen) atoms. The minimum Gasteiger partial charge on any atom is -0.475 e. The van der Waals surface area contributed by atoms with Crippen molar-refractivity contribution in [2.75, 3.05) is 35.8 Å². The maximum atomic E-state index is 13.3.